The van der Waals surface area contributed by atoms with Gasteiger partial charge in [0.05, 0.1) is 12.3 Å². The van der Waals surface area contributed by atoms with Crippen molar-refractivity contribution in [3.8, 4) is 5.75 Å². The highest BCUT2D eigenvalue weighted by Crippen LogP contribution is 2.41. The van der Waals surface area contributed by atoms with Crippen molar-refractivity contribution < 1.29 is 22.3 Å². The van der Waals surface area contributed by atoms with Crippen LogP contribution in [0.15, 0.2) is 59.5 Å². The molecule has 0 unspecified atom stereocenters. The Morgan fingerprint density at radius 2 is 1.56 bits per heavy atom. The van der Waals surface area contributed by atoms with E-state index >= 15 is 0 Å². The van der Waals surface area contributed by atoms with Crippen LogP contribution in [0.2, 0.25) is 0 Å². The summed E-state index contributed by atoms with van der Waals surface area (Å²) in [5.41, 5.74) is 0.262. The van der Waals surface area contributed by atoms with Crippen LogP contribution < -0.4 is 9.04 Å². The molecule has 2 rings (SSSR count). The summed E-state index contributed by atoms with van der Waals surface area (Å²) in [5.74, 6) is 0.183. The third kappa shape index (κ3) is 3.78. The summed E-state index contributed by atoms with van der Waals surface area (Å²) in [7, 11) is -7.26. The lowest BCUT2D eigenvalue weighted by molar-refractivity contribution is 0.331. The molecule has 0 saturated heterocycles. The smallest absolute Gasteiger partial charge is 0.342 e. The summed E-state index contributed by atoms with van der Waals surface area (Å²) in [6, 6.07) is 14.3. The van der Waals surface area contributed by atoms with E-state index in [4.69, 9.17) is 4.74 Å². The molecule has 0 saturated carbocycles. The fraction of sp³-hybridized carbons (Fsp3) is 0.294. The Balaban J connectivity index is 2.74. The number of anilines is 1. The van der Waals surface area contributed by atoms with Gasteiger partial charge in [-0.3, -0.25) is 0 Å². The van der Waals surface area contributed by atoms with Gasteiger partial charge in [0.1, 0.15) is 10.6 Å². The van der Waals surface area contributed by atoms with Crippen molar-refractivity contribution in [2.24, 2.45) is 0 Å². The fourth-order valence-corrected chi connectivity index (χ4v) is 5.02. The maximum atomic E-state index is 13.4. The Morgan fingerprint density at radius 3 is 2.12 bits per heavy atom. The van der Waals surface area contributed by atoms with Crippen LogP contribution >= 0.6 is 7.68 Å². The quantitative estimate of drug-likeness (QED) is 0.672. The first-order chi connectivity index (χ1) is 11.7. The minimum Gasteiger partial charge on any atom is -0.492 e. The SMILES string of the molecule is CCOc1ccccc1S(=O)(=O)N(c1ccccc1)C(C)(C)P(=O)=O. The largest absolute Gasteiger partial charge is 0.492 e. The van der Waals surface area contributed by atoms with E-state index in [2.05, 4.69) is 0 Å². The summed E-state index contributed by atoms with van der Waals surface area (Å²) in [6.07, 6.45) is 0. The van der Waals surface area contributed by atoms with E-state index in [9.17, 15) is 17.5 Å². The number of nitrogens with zero attached hydrogens (tertiary/aromatic N) is 1. The van der Waals surface area contributed by atoms with Gasteiger partial charge in [0.15, 0.2) is 5.28 Å². The van der Waals surface area contributed by atoms with Crippen molar-refractivity contribution >= 4 is 23.4 Å². The molecule has 8 heteroatoms. The average molecular weight is 381 g/mol. The predicted octanol–water partition coefficient (Wildman–Crippen LogP) is 4.19. The van der Waals surface area contributed by atoms with Gasteiger partial charge in [-0.2, -0.15) is 0 Å². The van der Waals surface area contributed by atoms with Crippen LogP contribution in [0.5, 0.6) is 5.75 Å². The van der Waals surface area contributed by atoms with Crippen LogP contribution in [0.3, 0.4) is 0 Å². The Morgan fingerprint density at radius 1 is 1.00 bits per heavy atom. The molecule has 2 aromatic rings. The zero-order chi connectivity index (χ0) is 18.7. The maximum absolute atomic E-state index is 13.4. The third-order valence-electron chi connectivity index (χ3n) is 3.60. The van der Waals surface area contributed by atoms with Crippen LogP contribution in [0.1, 0.15) is 20.8 Å². The van der Waals surface area contributed by atoms with Gasteiger partial charge in [0, 0.05) is 0 Å². The van der Waals surface area contributed by atoms with Crippen molar-refractivity contribution in [2.75, 3.05) is 10.9 Å². The molecule has 25 heavy (non-hydrogen) atoms. The first kappa shape index (κ1) is 19.2. The molecule has 2 aromatic carbocycles. The number of benzene rings is 2. The molecule has 0 bridgehead atoms. The third-order valence-corrected chi connectivity index (χ3v) is 6.87. The van der Waals surface area contributed by atoms with Crippen LogP contribution in [0.25, 0.3) is 0 Å². The Kier molecular flexibility index (Phi) is 5.70. The van der Waals surface area contributed by atoms with Gasteiger partial charge in [0.2, 0.25) is 0 Å². The Labute approximate surface area is 148 Å². The molecule has 0 radical (unpaired) electrons. The average Bonchev–Trinajstić information content (AvgIpc) is 2.56. The van der Waals surface area contributed by atoms with Gasteiger partial charge in [-0.15, -0.1) is 0 Å². The lowest BCUT2D eigenvalue weighted by atomic mass is 10.3. The number of rotatable bonds is 7. The molecule has 134 valence electrons. The van der Waals surface area contributed by atoms with Crippen molar-refractivity contribution in [1.29, 1.82) is 0 Å². The zero-order valence-corrected chi connectivity index (χ0v) is 16.0. The molecule has 0 amide bonds. The molecule has 0 N–H and O–H groups in total. The number of sulfonamides is 1. The highest BCUT2D eigenvalue weighted by atomic mass is 32.2. The van der Waals surface area contributed by atoms with Gasteiger partial charge >= 0.3 is 7.68 Å². The summed E-state index contributed by atoms with van der Waals surface area (Å²) in [4.78, 5) is -0.0781. The van der Waals surface area contributed by atoms with E-state index in [0.717, 1.165) is 4.31 Å². The van der Waals surface area contributed by atoms with Crippen molar-refractivity contribution in [2.45, 2.75) is 30.9 Å². The van der Waals surface area contributed by atoms with Crippen molar-refractivity contribution in [1.82, 2.24) is 0 Å². The van der Waals surface area contributed by atoms with Crippen LogP contribution in [-0.4, -0.2) is 20.3 Å². The highest BCUT2D eigenvalue weighted by molar-refractivity contribution is 7.93. The first-order valence-electron chi connectivity index (χ1n) is 7.69. The molecule has 6 nitrogen and oxygen atoms in total. The van der Waals surface area contributed by atoms with E-state index in [1.165, 1.54) is 19.9 Å². The molecule has 0 aromatic heterocycles. The molecular formula is C17H20NO5PS. The second-order valence-electron chi connectivity index (χ2n) is 5.74. The van der Waals surface area contributed by atoms with E-state index in [-0.39, 0.29) is 22.9 Å². The number of ether oxygens (including phenoxy) is 1. The molecule has 0 aliphatic rings. The first-order valence-corrected chi connectivity index (χ1v) is 10.3. The van der Waals surface area contributed by atoms with Gasteiger partial charge in [-0.25, -0.2) is 21.9 Å². The van der Waals surface area contributed by atoms with Crippen molar-refractivity contribution in [3.05, 3.63) is 54.6 Å². The molecule has 0 spiro atoms. The van der Waals surface area contributed by atoms with Crippen LogP contribution in [-0.2, 0) is 19.2 Å². The minimum absolute atomic E-state index is 0.0781. The summed E-state index contributed by atoms with van der Waals surface area (Å²) >= 11 is 0. The summed E-state index contributed by atoms with van der Waals surface area (Å²) in [5, 5.41) is -1.66. The second kappa shape index (κ2) is 7.42. The van der Waals surface area contributed by atoms with Gasteiger partial charge in [-0.1, -0.05) is 30.3 Å². The molecule has 0 fully saturated rings. The monoisotopic (exact) mass is 381 g/mol. The standard InChI is InChI=1S/C17H20NO5PS/c1-4-23-15-12-8-9-13-16(15)25(21,22)18(17(2,3)24(19)20)14-10-6-5-7-11-14/h5-13H,4H2,1-3H3. The lowest BCUT2D eigenvalue weighted by Gasteiger charge is -2.34. The molecule has 0 aliphatic heterocycles. The Bertz CT molecular complexity index is 900. The van der Waals surface area contributed by atoms with Crippen LogP contribution in [0, 0.1) is 0 Å². The second-order valence-corrected chi connectivity index (χ2v) is 9.10. The Hall–Kier alpha value is -2.11. The number of para-hydroxylation sites is 2. The van der Waals surface area contributed by atoms with Gasteiger partial charge in [0.25, 0.3) is 10.0 Å². The van der Waals surface area contributed by atoms with Gasteiger partial charge < -0.3 is 4.74 Å². The lowest BCUT2D eigenvalue weighted by Crippen LogP contribution is -2.44. The van der Waals surface area contributed by atoms with E-state index in [0.29, 0.717) is 0 Å². The molecule has 0 atom stereocenters. The fourth-order valence-electron chi connectivity index (χ4n) is 2.42. The van der Waals surface area contributed by atoms with Crippen molar-refractivity contribution in [3.63, 3.8) is 0 Å². The van der Waals surface area contributed by atoms with E-state index < -0.39 is 23.0 Å². The molecule has 0 heterocycles. The number of hydrogen-bond donors (Lipinski definition) is 0. The maximum Gasteiger partial charge on any atom is 0.342 e. The predicted molar refractivity (Wildman–Crippen MR) is 96.1 cm³/mol. The molecule has 0 aliphatic carbocycles. The normalized spacial score (nSPS) is 11.8. The minimum atomic E-state index is -4.19. The van der Waals surface area contributed by atoms with E-state index in [1.807, 2.05) is 0 Å². The van der Waals surface area contributed by atoms with E-state index in [1.54, 1.807) is 55.5 Å². The zero-order valence-electron chi connectivity index (χ0n) is 14.2. The molecular weight excluding hydrogens is 361 g/mol. The summed E-state index contributed by atoms with van der Waals surface area (Å²) in [6.45, 7) is 4.74. The highest BCUT2D eigenvalue weighted by Gasteiger charge is 2.43. The summed E-state index contributed by atoms with van der Waals surface area (Å²) < 4.78 is 56.7. The number of hydrogen-bond acceptors (Lipinski definition) is 5. The topological polar surface area (TPSA) is 80.8 Å². The van der Waals surface area contributed by atoms with Crippen LogP contribution in [0.4, 0.5) is 5.69 Å². The van der Waals surface area contributed by atoms with Gasteiger partial charge in [-0.05, 0) is 45.0 Å².